The van der Waals surface area contributed by atoms with Crippen molar-refractivity contribution in [1.82, 2.24) is 30.4 Å². The molecule has 3 aromatic rings. The third kappa shape index (κ3) is 5.10. The molecule has 1 saturated carbocycles. The van der Waals surface area contributed by atoms with Crippen molar-refractivity contribution in [1.29, 1.82) is 0 Å². The molecule has 1 aliphatic rings. The first-order valence-electron chi connectivity index (χ1n) is 11.3. The fourth-order valence-corrected chi connectivity index (χ4v) is 4.46. The maximum absolute atomic E-state index is 13.3. The number of rotatable bonds is 6. The summed E-state index contributed by atoms with van der Waals surface area (Å²) in [6.45, 7) is 3.63. The first-order chi connectivity index (χ1) is 15.9. The van der Waals surface area contributed by atoms with Crippen LogP contribution >= 0.6 is 0 Å². The smallest absolute Gasteiger partial charge is 0.276 e. The highest BCUT2D eigenvalue weighted by atomic mass is 16.6. The van der Waals surface area contributed by atoms with E-state index >= 15 is 0 Å². The summed E-state index contributed by atoms with van der Waals surface area (Å²) in [7, 11) is 1.88. The predicted molar refractivity (Wildman–Crippen MR) is 121 cm³/mol. The molecule has 33 heavy (non-hydrogen) atoms. The molecule has 3 aromatic heterocycles. The summed E-state index contributed by atoms with van der Waals surface area (Å²) in [5.74, 6) is -0.293. The van der Waals surface area contributed by atoms with Crippen LogP contribution in [0.3, 0.4) is 0 Å². The van der Waals surface area contributed by atoms with E-state index < -0.39 is 11.9 Å². The van der Waals surface area contributed by atoms with Gasteiger partial charge in [-0.2, -0.15) is 5.10 Å². The Hall–Kier alpha value is -3.56. The van der Waals surface area contributed by atoms with Gasteiger partial charge in [-0.05, 0) is 55.5 Å². The van der Waals surface area contributed by atoms with Crippen molar-refractivity contribution in [2.24, 2.45) is 13.0 Å². The molecule has 10 heteroatoms. The molecule has 2 N–H and O–H groups in total. The van der Waals surface area contributed by atoms with Crippen LogP contribution in [0.5, 0.6) is 0 Å². The molecule has 174 valence electrons. The molecule has 0 radical (unpaired) electrons. The molecule has 0 aliphatic heterocycles. The average molecular weight is 452 g/mol. The second-order valence-corrected chi connectivity index (χ2v) is 8.62. The van der Waals surface area contributed by atoms with Crippen molar-refractivity contribution < 1.29 is 14.2 Å². The first kappa shape index (κ1) is 22.6. The van der Waals surface area contributed by atoms with Crippen LogP contribution in [0.2, 0.25) is 0 Å². The van der Waals surface area contributed by atoms with E-state index in [1.165, 1.54) is 0 Å². The van der Waals surface area contributed by atoms with Crippen LogP contribution in [0.15, 0.2) is 29.2 Å². The van der Waals surface area contributed by atoms with Crippen LogP contribution in [0.4, 0.5) is 5.82 Å². The fourth-order valence-electron chi connectivity index (χ4n) is 4.46. The van der Waals surface area contributed by atoms with Crippen molar-refractivity contribution in [3.63, 3.8) is 0 Å². The van der Waals surface area contributed by atoms with E-state index in [2.05, 4.69) is 35.7 Å². The van der Waals surface area contributed by atoms with E-state index in [0.717, 1.165) is 55.3 Å². The van der Waals surface area contributed by atoms with E-state index in [-0.39, 0.29) is 17.5 Å². The topological polar surface area (TPSA) is 128 Å². The van der Waals surface area contributed by atoms with Crippen molar-refractivity contribution >= 4 is 17.6 Å². The van der Waals surface area contributed by atoms with Gasteiger partial charge >= 0.3 is 0 Å². The average Bonchev–Trinajstić information content (AvgIpc) is 3.26. The Kier molecular flexibility index (Phi) is 6.81. The van der Waals surface area contributed by atoms with Crippen molar-refractivity contribution in [3.05, 3.63) is 41.5 Å². The number of aryl methyl sites for hydroxylation is 3. The van der Waals surface area contributed by atoms with Gasteiger partial charge in [-0.25, -0.2) is 9.61 Å². The van der Waals surface area contributed by atoms with E-state index in [1.807, 2.05) is 20.0 Å². The lowest BCUT2D eigenvalue weighted by molar-refractivity contribution is -0.119. The second-order valence-electron chi connectivity index (χ2n) is 8.62. The first-order valence-corrected chi connectivity index (χ1v) is 11.3. The molecule has 0 saturated heterocycles. The zero-order valence-corrected chi connectivity index (χ0v) is 19.2. The van der Waals surface area contributed by atoms with Gasteiger partial charge in [0.2, 0.25) is 5.91 Å². The molecule has 1 fully saturated rings. The van der Waals surface area contributed by atoms with Crippen molar-refractivity contribution in [2.45, 2.75) is 58.4 Å². The number of carbonyl (C=O) groups is 2. The van der Waals surface area contributed by atoms with E-state index in [4.69, 9.17) is 0 Å². The molecular formula is C23H29N7O3. The Labute approximate surface area is 192 Å². The van der Waals surface area contributed by atoms with Gasteiger partial charge in [0.05, 0.1) is 11.9 Å². The van der Waals surface area contributed by atoms with Crippen molar-refractivity contribution in [2.75, 3.05) is 5.32 Å². The highest BCUT2D eigenvalue weighted by Gasteiger charge is 2.32. The summed E-state index contributed by atoms with van der Waals surface area (Å²) in [4.78, 5) is 30.5. The summed E-state index contributed by atoms with van der Waals surface area (Å²) < 4.78 is 6.45. The Bertz CT molecular complexity index is 1090. The Balaban J connectivity index is 1.52. The molecule has 10 nitrogen and oxygen atoms in total. The summed E-state index contributed by atoms with van der Waals surface area (Å²) >= 11 is 0. The van der Waals surface area contributed by atoms with Crippen LogP contribution < -0.4 is 10.6 Å². The van der Waals surface area contributed by atoms with Gasteiger partial charge in [0.25, 0.3) is 5.91 Å². The number of nitrogens with zero attached hydrogens (tertiary/aromatic N) is 5. The zero-order valence-electron chi connectivity index (χ0n) is 19.2. The molecular weight excluding hydrogens is 422 g/mol. The van der Waals surface area contributed by atoms with E-state index in [0.29, 0.717) is 11.5 Å². The zero-order chi connectivity index (χ0) is 23.4. The van der Waals surface area contributed by atoms with E-state index in [1.54, 1.807) is 30.1 Å². The number of aromatic nitrogens is 5. The molecule has 0 aromatic carbocycles. The Morgan fingerprint density at radius 3 is 2.42 bits per heavy atom. The number of anilines is 1. The summed E-state index contributed by atoms with van der Waals surface area (Å²) in [6.07, 6.45) is 9.61. The van der Waals surface area contributed by atoms with Crippen LogP contribution in [0.1, 0.15) is 60.3 Å². The number of pyridine rings is 1. The molecule has 3 heterocycles. The third-order valence-electron chi connectivity index (χ3n) is 6.22. The van der Waals surface area contributed by atoms with Crippen LogP contribution in [-0.2, 0) is 11.8 Å². The summed E-state index contributed by atoms with van der Waals surface area (Å²) in [5, 5.41) is 17.4. The molecule has 0 bridgehead atoms. The molecule has 0 spiro atoms. The number of carbonyl (C=O) groups excluding carboxylic acids is 2. The van der Waals surface area contributed by atoms with Crippen LogP contribution in [0.25, 0.3) is 11.3 Å². The standard InChI is InChI=1S/C23H29N7O3/c1-14-12-25-30(3)21(14)17-10-11-18(24-13-17)26-23(32)20(16-8-6-4-5-7-9-16)27-22(31)19-15(2)28-33-29-19/h10-13,16,20H,4-9H2,1-3H3,(H,27,31)(H,24,26,32)/t20-/m0/s1. The molecule has 0 unspecified atom stereocenters. The predicted octanol–water partition coefficient (Wildman–Crippen LogP) is 3.19. The lowest BCUT2D eigenvalue weighted by Crippen LogP contribution is -2.48. The van der Waals surface area contributed by atoms with Crippen LogP contribution in [0, 0.1) is 19.8 Å². The monoisotopic (exact) mass is 451 g/mol. The van der Waals surface area contributed by atoms with Gasteiger partial charge in [0, 0.05) is 18.8 Å². The maximum Gasteiger partial charge on any atom is 0.276 e. The minimum absolute atomic E-state index is 0.0352. The number of amides is 2. The maximum atomic E-state index is 13.3. The number of hydrogen-bond acceptors (Lipinski definition) is 7. The lowest BCUT2D eigenvalue weighted by Gasteiger charge is -2.26. The van der Waals surface area contributed by atoms with E-state index in [9.17, 15) is 9.59 Å². The van der Waals surface area contributed by atoms with Gasteiger partial charge in [-0.3, -0.25) is 14.3 Å². The fraction of sp³-hybridized carbons (Fsp3) is 0.478. The Morgan fingerprint density at radius 1 is 1.09 bits per heavy atom. The SMILES string of the molecule is Cc1cnn(C)c1-c1ccc(NC(=O)[C@@H](NC(=O)c2nonc2C)C2CCCCCC2)nc1. The quantitative estimate of drug-likeness (QED) is 0.551. The van der Waals surface area contributed by atoms with Gasteiger partial charge in [0.1, 0.15) is 17.6 Å². The minimum Gasteiger partial charge on any atom is -0.338 e. The summed E-state index contributed by atoms with van der Waals surface area (Å²) in [6, 6.07) is 2.96. The van der Waals surface area contributed by atoms with Crippen LogP contribution in [-0.4, -0.2) is 42.9 Å². The van der Waals surface area contributed by atoms with Gasteiger partial charge in [0.15, 0.2) is 5.69 Å². The molecule has 2 amide bonds. The highest BCUT2D eigenvalue weighted by Crippen LogP contribution is 2.27. The lowest BCUT2D eigenvalue weighted by atomic mass is 9.91. The molecule has 1 atom stereocenters. The highest BCUT2D eigenvalue weighted by molar-refractivity contribution is 6.00. The normalized spacial score (nSPS) is 15.6. The second kappa shape index (κ2) is 9.93. The molecule has 1 aliphatic carbocycles. The largest absolute Gasteiger partial charge is 0.338 e. The van der Waals surface area contributed by atoms with Gasteiger partial charge in [-0.1, -0.05) is 30.8 Å². The third-order valence-corrected chi connectivity index (χ3v) is 6.22. The van der Waals surface area contributed by atoms with Gasteiger partial charge in [-0.15, -0.1) is 0 Å². The number of nitrogens with one attached hydrogen (secondary N) is 2. The minimum atomic E-state index is -0.701. The van der Waals surface area contributed by atoms with Gasteiger partial charge < -0.3 is 10.6 Å². The molecule has 4 rings (SSSR count). The van der Waals surface area contributed by atoms with Crippen molar-refractivity contribution in [3.8, 4) is 11.3 Å². The Morgan fingerprint density at radius 2 is 1.85 bits per heavy atom. The summed E-state index contributed by atoms with van der Waals surface area (Å²) in [5.41, 5.74) is 3.41. The number of hydrogen-bond donors (Lipinski definition) is 2.